The SMILES string of the molecule is O=C(Cc1ccc2ccccc2n1)c1ccccc1Br. The first-order valence-corrected chi connectivity index (χ1v) is 7.16. The van der Waals surface area contributed by atoms with Crippen molar-refractivity contribution in [1.29, 1.82) is 0 Å². The number of carbonyl (C=O) groups excluding carboxylic acids is 1. The highest BCUT2D eigenvalue weighted by Crippen LogP contribution is 2.19. The van der Waals surface area contributed by atoms with Crippen LogP contribution in [0.2, 0.25) is 0 Å². The topological polar surface area (TPSA) is 30.0 Å². The van der Waals surface area contributed by atoms with Gasteiger partial charge in [0.25, 0.3) is 0 Å². The molecule has 0 saturated carbocycles. The minimum atomic E-state index is 0.0697. The number of benzene rings is 2. The van der Waals surface area contributed by atoms with Crippen LogP contribution in [0.4, 0.5) is 0 Å². The molecule has 0 unspecified atom stereocenters. The second-order valence-corrected chi connectivity index (χ2v) is 5.43. The maximum absolute atomic E-state index is 12.3. The number of aromatic nitrogens is 1. The average molecular weight is 326 g/mol. The number of halogens is 1. The Morgan fingerprint density at radius 2 is 1.70 bits per heavy atom. The quantitative estimate of drug-likeness (QED) is 0.667. The number of rotatable bonds is 3. The summed E-state index contributed by atoms with van der Waals surface area (Å²) in [5.41, 5.74) is 2.41. The monoisotopic (exact) mass is 325 g/mol. The lowest BCUT2D eigenvalue weighted by molar-refractivity contribution is 0.0991. The van der Waals surface area contributed by atoms with E-state index in [1.54, 1.807) is 0 Å². The van der Waals surface area contributed by atoms with Crippen molar-refractivity contribution in [2.45, 2.75) is 6.42 Å². The van der Waals surface area contributed by atoms with Crippen LogP contribution in [0.1, 0.15) is 16.1 Å². The third kappa shape index (κ3) is 2.63. The zero-order valence-electron chi connectivity index (χ0n) is 10.7. The molecule has 0 aliphatic carbocycles. The number of para-hydroxylation sites is 1. The Bertz CT molecular complexity index is 783. The first-order chi connectivity index (χ1) is 9.74. The van der Waals surface area contributed by atoms with Crippen LogP contribution in [0.5, 0.6) is 0 Å². The number of ketones is 1. The van der Waals surface area contributed by atoms with Gasteiger partial charge in [-0.2, -0.15) is 0 Å². The standard InChI is InChI=1S/C17H12BrNO/c18-15-7-3-2-6-14(15)17(20)11-13-10-9-12-5-1-4-8-16(12)19-13/h1-10H,11H2. The molecule has 3 heteroatoms. The van der Waals surface area contributed by atoms with Gasteiger partial charge in [0.2, 0.25) is 0 Å². The minimum absolute atomic E-state index is 0.0697. The van der Waals surface area contributed by atoms with Crippen molar-refractivity contribution in [3.63, 3.8) is 0 Å². The molecule has 98 valence electrons. The third-order valence-electron chi connectivity index (χ3n) is 3.17. The van der Waals surface area contributed by atoms with E-state index in [9.17, 15) is 4.79 Å². The van der Waals surface area contributed by atoms with Gasteiger partial charge >= 0.3 is 0 Å². The zero-order chi connectivity index (χ0) is 13.9. The average Bonchev–Trinajstić information content (AvgIpc) is 2.47. The Kier molecular flexibility index (Phi) is 3.61. The van der Waals surface area contributed by atoms with E-state index in [-0.39, 0.29) is 5.78 Å². The van der Waals surface area contributed by atoms with Crippen LogP contribution < -0.4 is 0 Å². The van der Waals surface area contributed by atoms with Gasteiger partial charge in [0.05, 0.1) is 11.9 Å². The lowest BCUT2D eigenvalue weighted by Gasteiger charge is -2.04. The molecule has 0 amide bonds. The molecule has 2 aromatic carbocycles. The van der Waals surface area contributed by atoms with Gasteiger partial charge in [0.15, 0.2) is 5.78 Å². The molecule has 0 radical (unpaired) electrons. The van der Waals surface area contributed by atoms with Gasteiger partial charge in [0.1, 0.15) is 0 Å². The molecule has 1 heterocycles. The Morgan fingerprint density at radius 3 is 2.55 bits per heavy atom. The summed E-state index contributed by atoms with van der Waals surface area (Å²) >= 11 is 3.41. The highest BCUT2D eigenvalue weighted by molar-refractivity contribution is 9.10. The smallest absolute Gasteiger partial charge is 0.169 e. The zero-order valence-corrected chi connectivity index (χ0v) is 12.3. The number of hydrogen-bond acceptors (Lipinski definition) is 2. The number of nitrogens with zero attached hydrogens (tertiary/aromatic N) is 1. The molecule has 20 heavy (non-hydrogen) atoms. The van der Waals surface area contributed by atoms with Crippen LogP contribution in [0, 0.1) is 0 Å². The molecule has 0 aliphatic heterocycles. The lowest BCUT2D eigenvalue weighted by atomic mass is 10.1. The van der Waals surface area contributed by atoms with E-state index in [1.807, 2.05) is 60.7 Å². The van der Waals surface area contributed by atoms with E-state index in [2.05, 4.69) is 20.9 Å². The maximum atomic E-state index is 12.3. The van der Waals surface area contributed by atoms with E-state index in [0.717, 1.165) is 21.1 Å². The van der Waals surface area contributed by atoms with Gasteiger partial charge in [-0.15, -0.1) is 0 Å². The van der Waals surface area contributed by atoms with Crippen LogP contribution in [-0.4, -0.2) is 10.8 Å². The summed E-state index contributed by atoms with van der Waals surface area (Å²) in [6.45, 7) is 0. The fourth-order valence-electron chi connectivity index (χ4n) is 2.15. The van der Waals surface area contributed by atoms with Crippen molar-refractivity contribution in [3.05, 3.63) is 76.4 Å². The van der Waals surface area contributed by atoms with Gasteiger partial charge in [-0.05, 0) is 18.2 Å². The van der Waals surface area contributed by atoms with Gasteiger partial charge in [-0.25, -0.2) is 0 Å². The molecule has 0 N–H and O–H groups in total. The summed E-state index contributed by atoms with van der Waals surface area (Å²) in [6, 6.07) is 19.3. The van der Waals surface area contributed by atoms with E-state index >= 15 is 0 Å². The van der Waals surface area contributed by atoms with Crippen molar-refractivity contribution in [2.75, 3.05) is 0 Å². The number of fused-ring (bicyclic) bond motifs is 1. The molecule has 0 bridgehead atoms. The van der Waals surface area contributed by atoms with E-state index < -0.39 is 0 Å². The second kappa shape index (κ2) is 5.55. The summed E-state index contributed by atoms with van der Waals surface area (Å²) < 4.78 is 0.825. The molecule has 3 rings (SSSR count). The van der Waals surface area contributed by atoms with E-state index in [4.69, 9.17) is 0 Å². The first kappa shape index (κ1) is 13.0. The van der Waals surface area contributed by atoms with E-state index in [1.165, 1.54) is 0 Å². The summed E-state index contributed by atoms with van der Waals surface area (Å²) in [6.07, 6.45) is 0.313. The fourth-order valence-corrected chi connectivity index (χ4v) is 2.66. The van der Waals surface area contributed by atoms with Crippen molar-refractivity contribution in [3.8, 4) is 0 Å². The lowest BCUT2D eigenvalue weighted by Crippen LogP contribution is -2.05. The number of hydrogen-bond donors (Lipinski definition) is 0. The normalized spacial score (nSPS) is 10.7. The van der Waals surface area contributed by atoms with E-state index in [0.29, 0.717) is 12.0 Å². The molecule has 1 aromatic heterocycles. The summed E-state index contributed by atoms with van der Waals surface area (Å²) in [5.74, 6) is 0.0697. The van der Waals surface area contributed by atoms with Crippen molar-refractivity contribution < 1.29 is 4.79 Å². The minimum Gasteiger partial charge on any atom is -0.294 e. The highest BCUT2D eigenvalue weighted by atomic mass is 79.9. The van der Waals surface area contributed by atoms with Crippen molar-refractivity contribution >= 4 is 32.6 Å². The van der Waals surface area contributed by atoms with Crippen molar-refractivity contribution in [2.24, 2.45) is 0 Å². The maximum Gasteiger partial charge on any atom is 0.169 e. The fraction of sp³-hybridized carbons (Fsp3) is 0.0588. The van der Waals surface area contributed by atoms with Crippen molar-refractivity contribution in [1.82, 2.24) is 4.98 Å². The highest BCUT2D eigenvalue weighted by Gasteiger charge is 2.11. The van der Waals surface area contributed by atoms with Crippen LogP contribution in [-0.2, 0) is 6.42 Å². The molecule has 0 fully saturated rings. The predicted molar refractivity (Wildman–Crippen MR) is 83.9 cm³/mol. The molecule has 2 nitrogen and oxygen atoms in total. The summed E-state index contributed by atoms with van der Waals surface area (Å²) in [5, 5.41) is 1.09. The number of Topliss-reactive ketones (excluding diaryl/α,β-unsaturated/α-hetero) is 1. The molecule has 0 aliphatic rings. The molecule has 0 spiro atoms. The summed E-state index contributed by atoms with van der Waals surface area (Å²) in [7, 11) is 0. The molecule has 0 atom stereocenters. The predicted octanol–water partition coefficient (Wildman–Crippen LogP) is 4.42. The Hall–Kier alpha value is -2.00. The Labute approximate surface area is 125 Å². The molecule has 3 aromatic rings. The largest absolute Gasteiger partial charge is 0.294 e. The van der Waals surface area contributed by atoms with Gasteiger partial charge < -0.3 is 0 Å². The number of carbonyl (C=O) groups is 1. The van der Waals surface area contributed by atoms with Crippen LogP contribution in [0.3, 0.4) is 0 Å². The molecular weight excluding hydrogens is 314 g/mol. The van der Waals surface area contributed by atoms with Gasteiger partial charge in [0, 0.05) is 21.1 Å². The summed E-state index contributed by atoms with van der Waals surface area (Å²) in [4.78, 5) is 16.8. The third-order valence-corrected chi connectivity index (χ3v) is 3.86. The Morgan fingerprint density at radius 1 is 0.950 bits per heavy atom. The first-order valence-electron chi connectivity index (χ1n) is 6.36. The Balaban J connectivity index is 1.89. The van der Waals surface area contributed by atoms with Crippen LogP contribution in [0.15, 0.2) is 65.1 Å². The van der Waals surface area contributed by atoms with Gasteiger partial charge in [-0.1, -0.05) is 58.4 Å². The van der Waals surface area contributed by atoms with Crippen LogP contribution >= 0.6 is 15.9 Å². The molecular formula is C17H12BrNO. The number of pyridine rings is 1. The molecule has 0 saturated heterocycles. The van der Waals surface area contributed by atoms with Crippen LogP contribution in [0.25, 0.3) is 10.9 Å². The second-order valence-electron chi connectivity index (χ2n) is 4.58. The van der Waals surface area contributed by atoms with Gasteiger partial charge in [-0.3, -0.25) is 9.78 Å².